The van der Waals surface area contributed by atoms with Gasteiger partial charge in [-0.05, 0) is 44.2 Å². The van der Waals surface area contributed by atoms with E-state index in [9.17, 15) is 5.11 Å². The Morgan fingerprint density at radius 1 is 1.41 bits per heavy atom. The number of aryl methyl sites for hydroxylation is 1. The lowest BCUT2D eigenvalue weighted by Gasteiger charge is -2.30. The van der Waals surface area contributed by atoms with Crippen molar-refractivity contribution >= 4 is 22.7 Å². The molecule has 22 heavy (non-hydrogen) atoms. The monoisotopic (exact) mass is 336 g/mol. The molecule has 1 fully saturated rings. The van der Waals surface area contributed by atoms with E-state index in [1.165, 1.54) is 30.6 Å². The normalized spacial score (nSPS) is 21.6. The molecule has 3 heterocycles. The SMILES string of the molecule is Cc1ncc(CN2CCCCCC2CC(O)c2cccs2)s1. The van der Waals surface area contributed by atoms with Gasteiger partial charge in [-0.3, -0.25) is 4.90 Å². The summed E-state index contributed by atoms with van der Waals surface area (Å²) in [5.41, 5.74) is 0. The molecule has 1 aliphatic heterocycles. The molecule has 0 bridgehead atoms. The lowest BCUT2D eigenvalue weighted by Crippen LogP contribution is -2.35. The van der Waals surface area contributed by atoms with Gasteiger partial charge in [-0.1, -0.05) is 18.9 Å². The first-order valence-electron chi connectivity index (χ1n) is 8.09. The summed E-state index contributed by atoms with van der Waals surface area (Å²) < 4.78 is 0. The standard InChI is InChI=1S/C17H24N2OS2/c1-13-18-11-15(22-13)12-19-8-4-2-3-6-14(19)10-16(20)17-7-5-9-21-17/h5,7,9,11,14,16,20H,2-4,6,8,10,12H2,1H3. The molecule has 0 amide bonds. The Labute approximate surface area is 140 Å². The molecule has 0 spiro atoms. The largest absolute Gasteiger partial charge is 0.388 e. The number of aromatic nitrogens is 1. The smallest absolute Gasteiger partial charge is 0.0897 e. The van der Waals surface area contributed by atoms with Crippen molar-refractivity contribution in [2.75, 3.05) is 6.54 Å². The Morgan fingerprint density at radius 3 is 3.05 bits per heavy atom. The molecule has 2 unspecified atom stereocenters. The second-order valence-electron chi connectivity index (χ2n) is 6.09. The summed E-state index contributed by atoms with van der Waals surface area (Å²) in [7, 11) is 0. The van der Waals surface area contributed by atoms with Crippen LogP contribution in [0.15, 0.2) is 23.7 Å². The van der Waals surface area contributed by atoms with Crippen LogP contribution in [0.2, 0.25) is 0 Å². The van der Waals surface area contributed by atoms with Crippen molar-refractivity contribution in [2.24, 2.45) is 0 Å². The number of aliphatic hydroxyl groups is 1. The summed E-state index contributed by atoms with van der Waals surface area (Å²) >= 11 is 3.45. The number of thiazole rings is 1. The van der Waals surface area contributed by atoms with Gasteiger partial charge < -0.3 is 5.11 Å². The number of aliphatic hydroxyl groups excluding tert-OH is 1. The summed E-state index contributed by atoms with van der Waals surface area (Å²) in [6, 6.07) is 4.54. The molecule has 2 aromatic rings. The van der Waals surface area contributed by atoms with Crippen LogP contribution in [0, 0.1) is 6.92 Å². The van der Waals surface area contributed by atoms with Gasteiger partial charge in [0.2, 0.25) is 0 Å². The fraction of sp³-hybridized carbons (Fsp3) is 0.588. The first-order valence-corrected chi connectivity index (χ1v) is 9.79. The van der Waals surface area contributed by atoms with Crippen LogP contribution in [0.25, 0.3) is 0 Å². The average molecular weight is 337 g/mol. The summed E-state index contributed by atoms with van der Waals surface area (Å²) in [5, 5.41) is 13.7. The average Bonchev–Trinajstić information content (AvgIpc) is 3.12. The van der Waals surface area contributed by atoms with Gasteiger partial charge in [0, 0.05) is 28.5 Å². The van der Waals surface area contributed by atoms with Crippen LogP contribution in [0.5, 0.6) is 0 Å². The van der Waals surface area contributed by atoms with E-state index in [4.69, 9.17) is 0 Å². The van der Waals surface area contributed by atoms with Crippen molar-refractivity contribution in [1.82, 2.24) is 9.88 Å². The van der Waals surface area contributed by atoms with Gasteiger partial charge in [-0.25, -0.2) is 4.98 Å². The van der Waals surface area contributed by atoms with E-state index in [1.807, 2.05) is 23.7 Å². The number of hydrogen-bond acceptors (Lipinski definition) is 5. The van der Waals surface area contributed by atoms with Crippen molar-refractivity contribution in [3.05, 3.63) is 38.5 Å². The van der Waals surface area contributed by atoms with Crippen molar-refractivity contribution in [3.8, 4) is 0 Å². The van der Waals surface area contributed by atoms with E-state index in [1.54, 1.807) is 22.7 Å². The van der Waals surface area contributed by atoms with Gasteiger partial charge in [0.15, 0.2) is 0 Å². The number of hydrogen-bond donors (Lipinski definition) is 1. The third kappa shape index (κ3) is 4.16. The molecular weight excluding hydrogens is 312 g/mol. The highest BCUT2D eigenvalue weighted by molar-refractivity contribution is 7.11. The second kappa shape index (κ2) is 7.68. The fourth-order valence-electron chi connectivity index (χ4n) is 3.25. The first kappa shape index (κ1) is 16.1. The fourth-order valence-corrected chi connectivity index (χ4v) is 4.79. The molecule has 0 radical (unpaired) electrons. The van der Waals surface area contributed by atoms with Crippen LogP contribution < -0.4 is 0 Å². The first-order chi connectivity index (χ1) is 10.7. The molecule has 0 saturated carbocycles. The Hall–Kier alpha value is -0.750. The maximum Gasteiger partial charge on any atom is 0.0897 e. The summed E-state index contributed by atoms with van der Waals surface area (Å²) in [6.45, 7) is 4.18. The Morgan fingerprint density at radius 2 is 2.32 bits per heavy atom. The molecule has 3 rings (SSSR count). The molecule has 1 aliphatic rings. The predicted molar refractivity (Wildman–Crippen MR) is 93.4 cm³/mol. The van der Waals surface area contributed by atoms with E-state index in [0.29, 0.717) is 6.04 Å². The van der Waals surface area contributed by atoms with Gasteiger partial charge in [0.1, 0.15) is 0 Å². The Kier molecular flexibility index (Phi) is 5.63. The maximum absolute atomic E-state index is 10.5. The molecule has 120 valence electrons. The van der Waals surface area contributed by atoms with Crippen LogP contribution in [0.4, 0.5) is 0 Å². The number of rotatable bonds is 5. The second-order valence-corrected chi connectivity index (χ2v) is 8.38. The minimum atomic E-state index is -0.325. The van der Waals surface area contributed by atoms with E-state index in [2.05, 4.69) is 16.8 Å². The molecule has 2 aromatic heterocycles. The summed E-state index contributed by atoms with van der Waals surface area (Å²) in [4.78, 5) is 9.38. The summed E-state index contributed by atoms with van der Waals surface area (Å²) in [6.07, 6.45) is 7.58. The number of thiophene rings is 1. The van der Waals surface area contributed by atoms with Crippen LogP contribution in [-0.2, 0) is 6.54 Å². The highest BCUT2D eigenvalue weighted by atomic mass is 32.1. The molecule has 1 saturated heterocycles. The minimum Gasteiger partial charge on any atom is -0.388 e. The predicted octanol–water partition coefficient (Wildman–Crippen LogP) is 4.38. The van der Waals surface area contributed by atoms with Crippen LogP contribution in [0.1, 0.15) is 53.0 Å². The lowest BCUT2D eigenvalue weighted by molar-refractivity contribution is 0.100. The van der Waals surface area contributed by atoms with Gasteiger partial charge in [0.05, 0.1) is 11.1 Å². The van der Waals surface area contributed by atoms with Crippen molar-refractivity contribution in [1.29, 1.82) is 0 Å². The van der Waals surface area contributed by atoms with Crippen molar-refractivity contribution in [3.63, 3.8) is 0 Å². The van der Waals surface area contributed by atoms with Gasteiger partial charge in [-0.2, -0.15) is 0 Å². The third-order valence-corrected chi connectivity index (χ3v) is 6.27. The Balaban J connectivity index is 1.67. The van der Waals surface area contributed by atoms with Gasteiger partial charge in [-0.15, -0.1) is 22.7 Å². The van der Waals surface area contributed by atoms with Gasteiger partial charge in [0.25, 0.3) is 0 Å². The zero-order valence-electron chi connectivity index (χ0n) is 13.1. The molecule has 2 atom stereocenters. The van der Waals surface area contributed by atoms with E-state index in [-0.39, 0.29) is 6.10 Å². The third-order valence-electron chi connectivity index (χ3n) is 4.39. The molecule has 5 heteroatoms. The van der Waals surface area contributed by atoms with Crippen LogP contribution >= 0.6 is 22.7 Å². The maximum atomic E-state index is 10.5. The minimum absolute atomic E-state index is 0.325. The van der Waals surface area contributed by atoms with Crippen molar-refractivity contribution < 1.29 is 5.11 Å². The quantitative estimate of drug-likeness (QED) is 0.880. The topological polar surface area (TPSA) is 36.4 Å². The van der Waals surface area contributed by atoms with E-state index in [0.717, 1.165) is 29.4 Å². The van der Waals surface area contributed by atoms with Crippen LogP contribution in [-0.4, -0.2) is 27.6 Å². The molecule has 1 N–H and O–H groups in total. The number of nitrogens with zero attached hydrogens (tertiary/aromatic N) is 2. The Bertz CT molecular complexity index is 567. The van der Waals surface area contributed by atoms with Crippen molar-refractivity contribution in [2.45, 2.75) is 57.7 Å². The van der Waals surface area contributed by atoms with E-state index >= 15 is 0 Å². The van der Waals surface area contributed by atoms with Gasteiger partial charge >= 0.3 is 0 Å². The van der Waals surface area contributed by atoms with E-state index < -0.39 is 0 Å². The molecule has 3 nitrogen and oxygen atoms in total. The summed E-state index contributed by atoms with van der Waals surface area (Å²) in [5.74, 6) is 0. The van der Waals surface area contributed by atoms with Crippen LogP contribution in [0.3, 0.4) is 0 Å². The molecular formula is C17H24N2OS2. The molecule has 0 aliphatic carbocycles. The zero-order valence-corrected chi connectivity index (χ0v) is 14.7. The zero-order chi connectivity index (χ0) is 15.4. The highest BCUT2D eigenvalue weighted by Crippen LogP contribution is 2.30. The highest BCUT2D eigenvalue weighted by Gasteiger charge is 2.25. The number of likely N-dealkylation sites (tertiary alicyclic amines) is 1. The lowest BCUT2D eigenvalue weighted by atomic mass is 10.0. The molecule has 0 aromatic carbocycles.